The summed E-state index contributed by atoms with van der Waals surface area (Å²) in [5.74, 6) is -0.619. The van der Waals surface area contributed by atoms with E-state index in [4.69, 9.17) is 15.1 Å². The highest BCUT2D eigenvalue weighted by molar-refractivity contribution is 5.73. The highest BCUT2D eigenvalue weighted by Crippen LogP contribution is 2.25. The minimum Gasteiger partial charge on any atom is -0.478 e. The van der Waals surface area contributed by atoms with Crippen LogP contribution in [-0.4, -0.2) is 17.2 Å². The van der Waals surface area contributed by atoms with Gasteiger partial charge in [0.05, 0.1) is 11.6 Å². The number of carbonyl (C=O) groups is 1. The first kappa shape index (κ1) is 13.0. The summed E-state index contributed by atoms with van der Waals surface area (Å²) in [6.07, 6.45) is -0.948. The van der Waals surface area contributed by atoms with Crippen LogP contribution in [0.4, 0.5) is 0 Å². The standard InChI is InChI=1S/C13H15NO3/c1-13(2,3)11(12(15)16)17-10-6-4-5-9(7-10)8-14/h4-7,11H,1-3H3,(H,15,16). The zero-order valence-corrected chi connectivity index (χ0v) is 10.1. The van der Waals surface area contributed by atoms with E-state index in [1.54, 1.807) is 39.0 Å². The van der Waals surface area contributed by atoms with Crippen LogP contribution in [0, 0.1) is 16.7 Å². The number of hydrogen-bond acceptors (Lipinski definition) is 3. The van der Waals surface area contributed by atoms with Crippen LogP contribution in [0.3, 0.4) is 0 Å². The number of rotatable bonds is 3. The van der Waals surface area contributed by atoms with Crippen molar-refractivity contribution in [2.24, 2.45) is 5.41 Å². The second-order valence-corrected chi connectivity index (χ2v) is 4.84. The Morgan fingerprint density at radius 1 is 1.47 bits per heavy atom. The monoisotopic (exact) mass is 233 g/mol. The predicted molar refractivity (Wildman–Crippen MR) is 62.7 cm³/mol. The number of nitriles is 1. The molecule has 0 aliphatic carbocycles. The molecule has 1 unspecified atom stereocenters. The maximum Gasteiger partial charge on any atom is 0.345 e. The predicted octanol–water partition coefficient (Wildman–Crippen LogP) is 2.44. The van der Waals surface area contributed by atoms with Gasteiger partial charge in [0.25, 0.3) is 0 Å². The number of ether oxygens (including phenoxy) is 1. The molecule has 1 rings (SSSR count). The molecule has 4 heteroatoms. The van der Waals surface area contributed by atoms with Gasteiger partial charge >= 0.3 is 5.97 Å². The molecule has 1 N–H and O–H groups in total. The molecule has 0 saturated heterocycles. The van der Waals surface area contributed by atoms with Crippen LogP contribution in [0.1, 0.15) is 26.3 Å². The van der Waals surface area contributed by atoms with Gasteiger partial charge in [0.2, 0.25) is 0 Å². The molecule has 0 aliphatic heterocycles. The van der Waals surface area contributed by atoms with Gasteiger partial charge in [0.15, 0.2) is 6.10 Å². The lowest BCUT2D eigenvalue weighted by Crippen LogP contribution is -2.39. The van der Waals surface area contributed by atoms with Gasteiger partial charge in [-0.1, -0.05) is 26.8 Å². The lowest BCUT2D eigenvalue weighted by molar-refractivity contribution is -0.150. The van der Waals surface area contributed by atoms with E-state index in [0.29, 0.717) is 11.3 Å². The molecule has 0 aliphatic rings. The minimum atomic E-state index is -1.01. The van der Waals surface area contributed by atoms with Crippen LogP contribution in [0.2, 0.25) is 0 Å². The Balaban J connectivity index is 2.95. The van der Waals surface area contributed by atoms with Crippen molar-refractivity contribution < 1.29 is 14.6 Å². The quantitative estimate of drug-likeness (QED) is 0.870. The highest BCUT2D eigenvalue weighted by atomic mass is 16.5. The van der Waals surface area contributed by atoms with Crippen molar-refractivity contribution in [1.29, 1.82) is 5.26 Å². The first-order chi connectivity index (χ1) is 7.84. The van der Waals surface area contributed by atoms with E-state index in [9.17, 15) is 4.79 Å². The highest BCUT2D eigenvalue weighted by Gasteiger charge is 2.33. The van der Waals surface area contributed by atoms with E-state index in [1.807, 2.05) is 6.07 Å². The molecule has 0 bridgehead atoms. The molecule has 17 heavy (non-hydrogen) atoms. The molecule has 90 valence electrons. The Labute approximate surface area is 100 Å². The lowest BCUT2D eigenvalue weighted by Gasteiger charge is -2.27. The van der Waals surface area contributed by atoms with Crippen LogP contribution in [0.25, 0.3) is 0 Å². The Kier molecular flexibility index (Phi) is 3.74. The maximum absolute atomic E-state index is 11.1. The van der Waals surface area contributed by atoms with E-state index in [0.717, 1.165) is 0 Å². The van der Waals surface area contributed by atoms with Crippen LogP contribution < -0.4 is 4.74 Å². The fourth-order valence-electron chi connectivity index (χ4n) is 1.37. The Morgan fingerprint density at radius 2 is 2.12 bits per heavy atom. The second-order valence-electron chi connectivity index (χ2n) is 4.84. The number of nitrogens with zero attached hydrogens (tertiary/aromatic N) is 1. The third kappa shape index (κ3) is 3.49. The average molecular weight is 233 g/mol. The van der Waals surface area contributed by atoms with Crippen molar-refractivity contribution >= 4 is 5.97 Å². The summed E-state index contributed by atoms with van der Waals surface area (Å²) in [5.41, 5.74) is -0.0744. The topological polar surface area (TPSA) is 70.3 Å². The van der Waals surface area contributed by atoms with Crippen LogP contribution in [-0.2, 0) is 4.79 Å². The summed E-state index contributed by atoms with van der Waals surface area (Å²) >= 11 is 0. The fourth-order valence-corrected chi connectivity index (χ4v) is 1.37. The molecule has 0 radical (unpaired) electrons. The van der Waals surface area contributed by atoms with E-state index in [2.05, 4.69) is 0 Å². The Bertz CT molecular complexity index is 454. The molecule has 1 aromatic carbocycles. The molecule has 1 atom stereocenters. The number of aliphatic carboxylic acids is 1. The van der Waals surface area contributed by atoms with Crippen LogP contribution >= 0.6 is 0 Å². The Hall–Kier alpha value is -2.02. The van der Waals surface area contributed by atoms with Crippen molar-refractivity contribution in [3.63, 3.8) is 0 Å². The average Bonchev–Trinajstić information content (AvgIpc) is 2.24. The van der Waals surface area contributed by atoms with E-state index in [-0.39, 0.29) is 0 Å². The molecule has 0 heterocycles. The summed E-state index contributed by atoms with van der Waals surface area (Å²) in [6.45, 7) is 5.37. The molecule has 0 fully saturated rings. The van der Waals surface area contributed by atoms with E-state index in [1.165, 1.54) is 6.07 Å². The first-order valence-corrected chi connectivity index (χ1v) is 5.24. The summed E-state index contributed by atoms with van der Waals surface area (Å²) in [6, 6.07) is 8.45. The number of carboxylic acid groups (broad SMARTS) is 1. The summed E-state index contributed by atoms with van der Waals surface area (Å²) in [7, 11) is 0. The smallest absolute Gasteiger partial charge is 0.345 e. The summed E-state index contributed by atoms with van der Waals surface area (Å²) in [4.78, 5) is 11.1. The number of benzene rings is 1. The lowest BCUT2D eigenvalue weighted by atomic mass is 9.89. The van der Waals surface area contributed by atoms with Gasteiger partial charge < -0.3 is 9.84 Å². The van der Waals surface area contributed by atoms with Gasteiger partial charge in [0, 0.05) is 5.41 Å². The zero-order chi connectivity index (χ0) is 13.1. The summed E-state index contributed by atoms with van der Waals surface area (Å²) < 4.78 is 5.43. The van der Waals surface area contributed by atoms with Gasteiger partial charge in [-0.15, -0.1) is 0 Å². The van der Waals surface area contributed by atoms with Crippen molar-refractivity contribution in [3.05, 3.63) is 29.8 Å². The van der Waals surface area contributed by atoms with E-state index < -0.39 is 17.5 Å². The SMILES string of the molecule is CC(C)(C)C(Oc1cccc(C#N)c1)C(=O)O. The van der Waals surface area contributed by atoms with Crippen LogP contribution in [0.5, 0.6) is 5.75 Å². The molecule has 0 spiro atoms. The Morgan fingerprint density at radius 3 is 2.59 bits per heavy atom. The molecule has 4 nitrogen and oxygen atoms in total. The number of hydrogen-bond donors (Lipinski definition) is 1. The third-order valence-corrected chi connectivity index (χ3v) is 2.23. The minimum absolute atomic E-state index is 0.395. The molecule has 1 aromatic rings. The third-order valence-electron chi connectivity index (χ3n) is 2.23. The molecule has 0 amide bonds. The van der Waals surface area contributed by atoms with Crippen molar-refractivity contribution in [2.75, 3.05) is 0 Å². The molecule has 0 saturated carbocycles. The first-order valence-electron chi connectivity index (χ1n) is 5.24. The van der Waals surface area contributed by atoms with Crippen LogP contribution in [0.15, 0.2) is 24.3 Å². The molecule has 0 aromatic heterocycles. The summed E-state index contributed by atoms with van der Waals surface area (Å²) in [5, 5.41) is 17.9. The van der Waals surface area contributed by atoms with Gasteiger partial charge in [-0.05, 0) is 18.2 Å². The van der Waals surface area contributed by atoms with E-state index >= 15 is 0 Å². The molecular formula is C13H15NO3. The van der Waals surface area contributed by atoms with Gasteiger partial charge in [-0.3, -0.25) is 0 Å². The normalized spacial score (nSPS) is 12.6. The van der Waals surface area contributed by atoms with Gasteiger partial charge in [0.1, 0.15) is 5.75 Å². The maximum atomic E-state index is 11.1. The number of carboxylic acids is 1. The largest absolute Gasteiger partial charge is 0.478 e. The zero-order valence-electron chi connectivity index (χ0n) is 10.1. The van der Waals surface area contributed by atoms with Crippen molar-refractivity contribution in [2.45, 2.75) is 26.9 Å². The van der Waals surface area contributed by atoms with Gasteiger partial charge in [-0.25, -0.2) is 4.79 Å². The van der Waals surface area contributed by atoms with Crippen molar-refractivity contribution in [1.82, 2.24) is 0 Å². The van der Waals surface area contributed by atoms with Gasteiger partial charge in [-0.2, -0.15) is 5.26 Å². The fraction of sp³-hybridized carbons (Fsp3) is 0.385. The second kappa shape index (κ2) is 4.88. The van der Waals surface area contributed by atoms with Crippen molar-refractivity contribution in [3.8, 4) is 11.8 Å². The molecular weight excluding hydrogens is 218 g/mol.